The second kappa shape index (κ2) is 6.30. The number of fused-ring (bicyclic) bond motifs is 6. The van der Waals surface area contributed by atoms with Gasteiger partial charge in [0.15, 0.2) is 5.72 Å². The van der Waals surface area contributed by atoms with Crippen molar-refractivity contribution in [2.45, 2.75) is 98.1 Å². The molecule has 3 heterocycles. The van der Waals surface area contributed by atoms with E-state index in [2.05, 4.69) is 109 Å². The van der Waals surface area contributed by atoms with E-state index in [4.69, 9.17) is 14.7 Å². The number of hydrogen-bond acceptors (Lipinski definition) is 3. The smallest absolute Gasteiger partial charge is 0.226 e. The molecule has 2 aliphatic rings. The summed E-state index contributed by atoms with van der Waals surface area (Å²) in [5.41, 5.74) is 9.42. The summed E-state index contributed by atoms with van der Waals surface area (Å²) in [6, 6.07) is 4.27. The van der Waals surface area contributed by atoms with Crippen molar-refractivity contribution in [2.24, 2.45) is 5.41 Å². The van der Waals surface area contributed by atoms with Gasteiger partial charge in [-0.1, -0.05) is 73.2 Å². The van der Waals surface area contributed by atoms with Crippen molar-refractivity contribution in [1.29, 1.82) is 0 Å². The van der Waals surface area contributed by atoms with Crippen molar-refractivity contribution >= 4 is 37.7 Å². The molecule has 2 aromatic heterocycles. The lowest BCUT2D eigenvalue weighted by Crippen LogP contribution is -2.43. The third-order valence-electron chi connectivity index (χ3n) is 9.72. The fourth-order valence-corrected chi connectivity index (χ4v) is 6.70. The monoisotopic (exact) mass is 455 g/mol. The molecule has 0 spiro atoms. The summed E-state index contributed by atoms with van der Waals surface area (Å²) in [6.45, 7) is 25.3. The number of rotatable bonds is 0. The number of ether oxygens (including phenoxy) is 1. The highest BCUT2D eigenvalue weighted by Gasteiger charge is 2.58. The van der Waals surface area contributed by atoms with E-state index < -0.39 is 5.72 Å². The minimum Gasteiger partial charge on any atom is -0.451 e. The summed E-state index contributed by atoms with van der Waals surface area (Å²) < 4.78 is 8.93. The Hall–Kier alpha value is -2.23. The molecule has 6 heteroatoms. The summed E-state index contributed by atoms with van der Waals surface area (Å²) in [5.74, 6) is 1.64. The molecule has 0 bridgehead atoms. The highest BCUT2D eigenvalue weighted by molar-refractivity contribution is 6.46. The fraction of sp³-hybridized carbons (Fsp3) is 0.571. The standard InChI is InChI=1S/C28H39B2N3O/c1-24(2,3)15-13-12-14-22-32-20-18(29)16-17(26(6,7)27(8,9)25(16,4)5)19(30)21(20)33(22)28(10,11)34-23(14)31-15/h12-13H,29-30H2,1-11H3. The number of aromatic nitrogens is 3. The minimum atomic E-state index is -0.597. The Bertz CT molecular complexity index is 1390. The molecule has 0 fully saturated rings. The second-order valence-electron chi connectivity index (χ2n) is 13.7. The van der Waals surface area contributed by atoms with Gasteiger partial charge in [-0.25, -0.2) is 9.97 Å². The van der Waals surface area contributed by atoms with Crippen LogP contribution < -0.4 is 15.7 Å². The SMILES string of the molecule is Bc1c2c(c(B)c3c1nc1n3C(C)(C)Oc3nc(C(C)(C)C)ccc3-1)C(C)(C)C(C)(C)C2(C)C. The zero-order valence-electron chi connectivity index (χ0n) is 23.4. The quantitative estimate of drug-likeness (QED) is 0.487. The number of benzene rings is 1. The van der Waals surface area contributed by atoms with Crippen LogP contribution in [-0.4, -0.2) is 30.2 Å². The molecule has 4 nitrogen and oxygen atoms in total. The largest absolute Gasteiger partial charge is 0.451 e. The maximum atomic E-state index is 6.61. The van der Waals surface area contributed by atoms with Gasteiger partial charge in [0.1, 0.15) is 21.5 Å². The molecule has 34 heavy (non-hydrogen) atoms. The lowest BCUT2D eigenvalue weighted by Gasteiger charge is -2.45. The van der Waals surface area contributed by atoms with Crippen LogP contribution in [0.4, 0.5) is 0 Å². The Kier molecular flexibility index (Phi) is 4.36. The molecule has 0 radical (unpaired) electrons. The zero-order valence-corrected chi connectivity index (χ0v) is 23.4. The first-order chi connectivity index (χ1) is 15.4. The summed E-state index contributed by atoms with van der Waals surface area (Å²) in [5, 5.41) is 0. The molecular weight excluding hydrogens is 416 g/mol. The van der Waals surface area contributed by atoms with E-state index >= 15 is 0 Å². The van der Waals surface area contributed by atoms with Crippen LogP contribution in [0, 0.1) is 5.41 Å². The lowest BCUT2D eigenvalue weighted by molar-refractivity contribution is 0.0252. The molecule has 0 atom stereocenters. The van der Waals surface area contributed by atoms with E-state index in [1.54, 1.807) is 0 Å². The lowest BCUT2D eigenvalue weighted by atomic mass is 9.58. The fourth-order valence-electron chi connectivity index (χ4n) is 6.70. The zero-order chi connectivity index (χ0) is 25.4. The Morgan fingerprint density at radius 3 is 1.94 bits per heavy atom. The van der Waals surface area contributed by atoms with Gasteiger partial charge in [-0.3, -0.25) is 4.57 Å². The van der Waals surface area contributed by atoms with Crippen LogP contribution in [0.15, 0.2) is 12.1 Å². The Labute approximate surface area is 206 Å². The van der Waals surface area contributed by atoms with E-state index in [1.807, 2.05) is 0 Å². The van der Waals surface area contributed by atoms with Crippen LogP contribution in [-0.2, 0) is 22.0 Å². The van der Waals surface area contributed by atoms with E-state index in [9.17, 15) is 0 Å². The van der Waals surface area contributed by atoms with E-state index in [1.165, 1.54) is 27.6 Å². The topological polar surface area (TPSA) is 39.9 Å². The first kappa shape index (κ1) is 23.5. The van der Waals surface area contributed by atoms with Crippen LogP contribution in [0.2, 0.25) is 0 Å². The van der Waals surface area contributed by atoms with Crippen LogP contribution in [0.3, 0.4) is 0 Å². The van der Waals surface area contributed by atoms with E-state index in [0.29, 0.717) is 5.88 Å². The molecule has 0 saturated carbocycles. The van der Waals surface area contributed by atoms with Crippen molar-refractivity contribution in [3.8, 4) is 17.3 Å². The summed E-state index contributed by atoms with van der Waals surface area (Å²) >= 11 is 0. The van der Waals surface area contributed by atoms with Crippen molar-refractivity contribution in [3.05, 3.63) is 29.0 Å². The maximum Gasteiger partial charge on any atom is 0.226 e. The van der Waals surface area contributed by atoms with Gasteiger partial charge in [-0.05, 0) is 53.4 Å². The third kappa shape index (κ3) is 2.58. The van der Waals surface area contributed by atoms with Crippen molar-refractivity contribution in [3.63, 3.8) is 0 Å². The maximum absolute atomic E-state index is 6.61. The Balaban J connectivity index is 1.90. The first-order valence-corrected chi connectivity index (χ1v) is 12.6. The Morgan fingerprint density at radius 2 is 1.38 bits per heavy atom. The van der Waals surface area contributed by atoms with Crippen molar-refractivity contribution in [1.82, 2.24) is 14.5 Å². The average molecular weight is 455 g/mol. The van der Waals surface area contributed by atoms with Crippen LogP contribution >= 0.6 is 0 Å². The molecule has 0 unspecified atom stereocenters. The summed E-state index contributed by atoms with van der Waals surface area (Å²) in [7, 11) is 4.57. The molecule has 5 rings (SSSR count). The van der Waals surface area contributed by atoms with E-state index in [-0.39, 0.29) is 21.7 Å². The molecule has 1 aromatic carbocycles. The molecule has 1 aliphatic heterocycles. The Morgan fingerprint density at radius 1 is 0.824 bits per heavy atom. The van der Waals surface area contributed by atoms with Gasteiger partial charge >= 0.3 is 0 Å². The van der Waals surface area contributed by atoms with Gasteiger partial charge in [0.2, 0.25) is 5.88 Å². The van der Waals surface area contributed by atoms with Crippen LogP contribution in [0.5, 0.6) is 5.88 Å². The molecule has 178 valence electrons. The van der Waals surface area contributed by atoms with Crippen molar-refractivity contribution < 1.29 is 4.74 Å². The average Bonchev–Trinajstić information content (AvgIpc) is 3.15. The number of nitrogens with zero attached hydrogens (tertiary/aromatic N) is 3. The summed E-state index contributed by atoms with van der Waals surface area (Å²) in [4.78, 5) is 10.3. The van der Waals surface area contributed by atoms with Gasteiger partial charge < -0.3 is 4.74 Å². The predicted molar refractivity (Wildman–Crippen MR) is 148 cm³/mol. The highest BCUT2D eigenvalue weighted by Crippen LogP contribution is 2.61. The highest BCUT2D eigenvalue weighted by atomic mass is 16.5. The number of imidazole rings is 1. The van der Waals surface area contributed by atoms with Gasteiger partial charge in [0.25, 0.3) is 0 Å². The van der Waals surface area contributed by atoms with Gasteiger partial charge in [-0.2, -0.15) is 0 Å². The number of pyridine rings is 1. The minimum absolute atomic E-state index is 0.0281. The molecule has 0 saturated heterocycles. The molecule has 1 aliphatic carbocycles. The van der Waals surface area contributed by atoms with E-state index in [0.717, 1.165) is 22.6 Å². The molecule has 0 amide bonds. The number of hydrogen-bond donors (Lipinski definition) is 0. The molecule has 0 N–H and O–H groups in total. The van der Waals surface area contributed by atoms with Gasteiger partial charge in [0.05, 0.1) is 16.6 Å². The second-order valence-corrected chi connectivity index (χ2v) is 13.7. The normalized spacial score (nSPS) is 21.0. The summed E-state index contributed by atoms with van der Waals surface area (Å²) in [6.07, 6.45) is 0. The molecular formula is C28H39B2N3O. The van der Waals surface area contributed by atoms with Gasteiger partial charge in [0, 0.05) is 11.1 Å². The predicted octanol–water partition coefficient (Wildman–Crippen LogP) is 3.59. The molecule has 3 aromatic rings. The van der Waals surface area contributed by atoms with Crippen LogP contribution in [0.1, 0.15) is 93.0 Å². The third-order valence-corrected chi connectivity index (χ3v) is 9.72. The van der Waals surface area contributed by atoms with Crippen LogP contribution in [0.25, 0.3) is 22.4 Å². The van der Waals surface area contributed by atoms with Gasteiger partial charge in [-0.15, -0.1) is 0 Å². The van der Waals surface area contributed by atoms with Crippen molar-refractivity contribution in [2.75, 3.05) is 0 Å². The first-order valence-electron chi connectivity index (χ1n) is 12.6.